The summed E-state index contributed by atoms with van der Waals surface area (Å²) in [5.41, 5.74) is 1.59. The molecule has 1 amide bonds. The van der Waals surface area contributed by atoms with Gasteiger partial charge >= 0.3 is 0 Å². The molecule has 2 aliphatic rings. The second kappa shape index (κ2) is 7.69. The number of carbonyl (C=O) groups is 1. The molecule has 4 rings (SSSR count). The van der Waals surface area contributed by atoms with Gasteiger partial charge in [0.15, 0.2) is 17.6 Å². The van der Waals surface area contributed by atoms with Crippen LogP contribution in [0.4, 0.5) is 5.69 Å². The molecule has 1 atom stereocenters. The fourth-order valence-corrected chi connectivity index (χ4v) is 3.92. The van der Waals surface area contributed by atoms with E-state index in [1.165, 1.54) is 12.8 Å². The van der Waals surface area contributed by atoms with Crippen LogP contribution >= 0.6 is 11.6 Å². The van der Waals surface area contributed by atoms with E-state index in [0.29, 0.717) is 29.5 Å². The molecule has 0 saturated carbocycles. The summed E-state index contributed by atoms with van der Waals surface area (Å²) in [5, 5.41) is 0.627. The van der Waals surface area contributed by atoms with E-state index in [-0.39, 0.29) is 12.0 Å². The van der Waals surface area contributed by atoms with Crippen molar-refractivity contribution in [1.29, 1.82) is 0 Å². The molecule has 142 valence electrons. The van der Waals surface area contributed by atoms with Crippen molar-refractivity contribution in [2.75, 3.05) is 38.2 Å². The van der Waals surface area contributed by atoms with E-state index in [1.54, 1.807) is 18.0 Å². The first kappa shape index (κ1) is 18.0. The third-order valence-corrected chi connectivity index (χ3v) is 5.34. The van der Waals surface area contributed by atoms with E-state index in [0.717, 1.165) is 24.5 Å². The second-order valence-electron chi connectivity index (χ2n) is 7.04. The van der Waals surface area contributed by atoms with Gasteiger partial charge in [0.1, 0.15) is 6.61 Å². The van der Waals surface area contributed by atoms with Crippen LogP contribution in [0.15, 0.2) is 42.5 Å². The van der Waals surface area contributed by atoms with Gasteiger partial charge < -0.3 is 19.3 Å². The van der Waals surface area contributed by atoms with Gasteiger partial charge in [0.05, 0.1) is 17.3 Å². The summed E-state index contributed by atoms with van der Waals surface area (Å²) in [4.78, 5) is 16.7. The van der Waals surface area contributed by atoms with Crippen LogP contribution in [-0.2, 0) is 0 Å². The Balaban J connectivity index is 1.41. The maximum atomic E-state index is 12.8. The number of nitrogens with zero attached hydrogens (tertiary/aromatic N) is 2. The van der Waals surface area contributed by atoms with Crippen LogP contribution < -0.4 is 14.4 Å². The number of benzene rings is 2. The summed E-state index contributed by atoms with van der Waals surface area (Å²) >= 11 is 6.45. The quantitative estimate of drug-likeness (QED) is 0.800. The Morgan fingerprint density at radius 1 is 1.19 bits per heavy atom. The van der Waals surface area contributed by atoms with E-state index in [9.17, 15) is 4.79 Å². The van der Waals surface area contributed by atoms with Crippen molar-refractivity contribution < 1.29 is 14.3 Å². The van der Waals surface area contributed by atoms with E-state index in [1.807, 2.05) is 36.4 Å². The molecule has 0 aromatic heterocycles. The van der Waals surface area contributed by atoms with Gasteiger partial charge in [-0.15, -0.1) is 0 Å². The Labute approximate surface area is 164 Å². The highest BCUT2D eigenvalue weighted by Crippen LogP contribution is 2.32. The number of hydrogen-bond acceptors (Lipinski definition) is 4. The van der Waals surface area contributed by atoms with Crippen molar-refractivity contribution in [3.05, 3.63) is 53.1 Å². The zero-order valence-electron chi connectivity index (χ0n) is 15.4. The van der Waals surface area contributed by atoms with Gasteiger partial charge in [-0.25, -0.2) is 0 Å². The monoisotopic (exact) mass is 386 g/mol. The smallest absolute Gasteiger partial charge is 0.253 e. The number of hydrogen-bond donors (Lipinski definition) is 0. The van der Waals surface area contributed by atoms with Crippen LogP contribution in [-0.4, -0.2) is 50.2 Å². The molecule has 2 aliphatic heterocycles. The normalized spacial score (nSPS) is 18.4. The minimum Gasteiger partial charge on any atom is -0.486 e. The topological polar surface area (TPSA) is 42.0 Å². The van der Waals surface area contributed by atoms with Crippen molar-refractivity contribution in [3.63, 3.8) is 0 Å². The fourth-order valence-electron chi connectivity index (χ4n) is 3.62. The molecule has 0 bridgehead atoms. The van der Waals surface area contributed by atoms with E-state index >= 15 is 0 Å². The maximum Gasteiger partial charge on any atom is 0.253 e. The third kappa shape index (κ3) is 3.83. The maximum absolute atomic E-state index is 12.8. The minimum atomic E-state index is -0.201. The number of likely N-dealkylation sites (N-methyl/N-ethyl adjacent to an activating group) is 1. The van der Waals surface area contributed by atoms with Crippen molar-refractivity contribution in [2.45, 2.75) is 18.9 Å². The molecule has 1 fully saturated rings. The first-order chi connectivity index (χ1) is 13.1. The summed E-state index contributed by atoms with van der Waals surface area (Å²) in [5.74, 6) is 1.38. The van der Waals surface area contributed by atoms with Gasteiger partial charge in [0.25, 0.3) is 5.91 Å². The molecule has 0 spiro atoms. The molecule has 0 radical (unpaired) electrons. The highest BCUT2D eigenvalue weighted by atomic mass is 35.5. The summed E-state index contributed by atoms with van der Waals surface area (Å²) in [7, 11) is 1.77. The Bertz CT molecular complexity index is 836. The Kier molecular flexibility index (Phi) is 5.12. The highest BCUT2D eigenvalue weighted by Gasteiger charge is 2.25. The van der Waals surface area contributed by atoms with Crippen molar-refractivity contribution in [2.24, 2.45) is 0 Å². The molecule has 0 N–H and O–H groups in total. The number of amides is 1. The van der Waals surface area contributed by atoms with Gasteiger partial charge in [-0.3, -0.25) is 4.79 Å². The van der Waals surface area contributed by atoms with Crippen molar-refractivity contribution >= 4 is 23.2 Å². The van der Waals surface area contributed by atoms with Gasteiger partial charge in [0, 0.05) is 25.7 Å². The predicted octanol–water partition coefficient (Wildman–Crippen LogP) is 3.85. The Hall–Kier alpha value is -2.40. The number of carbonyl (C=O) groups excluding carboxylic acids is 1. The fraction of sp³-hybridized carbons (Fsp3) is 0.381. The summed E-state index contributed by atoms with van der Waals surface area (Å²) < 4.78 is 11.7. The van der Waals surface area contributed by atoms with Gasteiger partial charge in [-0.2, -0.15) is 0 Å². The number of para-hydroxylation sites is 2. The highest BCUT2D eigenvalue weighted by molar-refractivity contribution is 6.33. The summed E-state index contributed by atoms with van der Waals surface area (Å²) in [6, 6.07) is 13.1. The van der Waals surface area contributed by atoms with E-state index in [4.69, 9.17) is 21.1 Å². The molecule has 6 heteroatoms. The van der Waals surface area contributed by atoms with Crippen molar-refractivity contribution in [3.8, 4) is 11.5 Å². The zero-order valence-corrected chi connectivity index (χ0v) is 16.1. The molecule has 2 aromatic rings. The van der Waals surface area contributed by atoms with Gasteiger partial charge in [-0.05, 0) is 43.2 Å². The number of ether oxygens (including phenoxy) is 2. The first-order valence-electron chi connectivity index (χ1n) is 9.30. The summed E-state index contributed by atoms with van der Waals surface area (Å²) in [6.07, 6.45) is 2.17. The Morgan fingerprint density at radius 3 is 2.67 bits per heavy atom. The minimum absolute atomic E-state index is 0.0765. The molecule has 27 heavy (non-hydrogen) atoms. The van der Waals surface area contributed by atoms with Crippen molar-refractivity contribution in [1.82, 2.24) is 4.90 Å². The molecule has 1 saturated heterocycles. The van der Waals surface area contributed by atoms with Crippen LogP contribution in [0.1, 0.15) is 23.2 Å². The lowest BCUT2D eigenvalue weighted by Gasteiger charge is -2.29. The lowest BCUT2D eigenvalue weighted by atomic mass is 10.1. The molecule has 2 heterocycles. The number of rotatable bonds is 4. The first-order valence-corrected chi connectivity index (χ1v) is 9.68. The van der Waals surface area contributed by atoms with E-state index < -0.39 is 0 Å². The molecule has 2 aromatic carbocycles. The lowest BCUT2D eigenvalue weighted by molar-refractivity contribution is 0.0521. The lowest BCUT2D eigenvalue weighted by Crippen LogP contribution is -2.41. The third-order valence-electron chi connectivity index (χ3n) is 5.03. The number of fused-ring (bicyclic) bond motifs is 1. The number of halogens is 1. The SMILES string of the molecule is CN(CC1COc2ccccc2O1)C(=O)c1ccc(N2CCCC2)c(Cl)c1. The average Bonchev–Trinajstić information content (AvgIpc) is 3.21. The zero-order chi connectivity index (χ0) is 18.8. The standard InChI is InChI=1S/C21H23ClN2O3/c1-23(13-16-14-26-19-6-2-3-7-20(19)27-16)21(25)15-8-9-18(17(22)12-15)24-10-4-5-11-24/h2-3,6-9,12,16H,4-5,10-11,13-14H2,1H3. The molecular weight excluding hydrogens is 364 g/mol. The van der Waals surface area contributed by atoms with Crippen LogP contribution in [0.25, 0.3) is 0 Å². The van der Waals surface area contributed by atoms with Crippen LogP contribution in [0.2, 0.25) is 5.02 Å². The average molecular weight is 387 g/mol. The predicted molar refractivity (Wildman–Crippen MR) is 106 cm³/mol. The largest absolute Gasteiger partial charge is 0.486 e. The second-order valence-corrected chi connectivity index (χ2v) is 7.45. The molecule has 0 aliphatic carbocycles. The Morgan fingerprint density at radius 2 is 1.93 bits per heavy atom. The molecule has 5 nitrogen and oxygen atoms in total. The van der Waals surface area contributed by atoms with Crippen LogP contribution in [0, 0.1) is 0 Å². The van der Waals surface area contributed by atoms with E-state index in [2.05, 4.69) is 4.90 Å². The van der Waals surface area contributed by atoms with Crippen LogP contribution in [0.3, 0.4) is 0 Å². The summed E-state index contributed by atoms with van der Waals surface area (Å²) in [6.45, 7) is 2.91. The molecule has 1 unspecified atom stereocenters. The van der Waals surface area contributed by atoms with Gasteiger partial charge in [0.2, 0.25) is 0 Å². The van der Waals surface area contributed by atoms with Crippen LogP contribution in [0.5, 0.6) is 11.5 Å². The number of anilines is 1. The van der Waals surface area contributed by atoms with Gasteiger partial charge in [-0.1, -0.05) is 23.7 Å². The molecular formula is C21H23ClN2O3.